The molecule has 0 unspecified atom stereocenters. The van der Waals surface area contributed by atoms with Crippen LogP contribution in [0.15, 0.2) is 29.5 Å². The van der Waals surface area contributed by atoms with Crippen molar-refractivity contribution in [1.29, 1.82) is 0 Å². The van der Waals surface area contributed by atoms with Crippen molar-refractivity contribution in [1.82, 2.24) is 4.98 Å². The molecule has 0 amide bonds. The van der Waals surface area contributed by atoms with Crippen molar-refractivity contribution >= 4 is 5.90 Å². The Hall–Kier alpha value is -1.51. The molecule has 0 saturated carbocycles. The van der Waals surface area contributed by atoms with Crippen LogP contribution in [0.4, 0.5) is 0 Å². The summed E-state index contributed by atoms with van der Waals surface area (Å²) in [6.45, 7) is 10.4. The molecule has 0 aliphatic heterocycles. The van der Waals surface area contributed by atoms with Gasteiger partial charge in [0.1, 0.15) is 0 Å². The molecule has 1 N–H and O–H groups in total. The zero-order chi connectivity index (χ0) is 11.3. The number of nitrogens with one attached hydrogen (secondary N) is 1. The topological polar surface area (TPSA) is 37.4 Å². The van der Waals surface area contributed by atoms with Crippen molar-refractivity contribution in [3.63, 3.8) is 0 Å². The van der Waals surface area contributed by atoms with Crippen molar-refractivity contribution in [2.24, 2.45) is 4.99 Å². The SMILES string of the molecule is C=C(C)/N=C(/OCCC)c1cc[nH]c1C. The van der Waals surface area contributed by atoms with Gasteiger partial charge in [0.15, 0.2) is 0 Å². The highest BCUT2D eigenvalue weighted by Gasteiger charge is 2.08. The van der Waals surface area contributed by atoms with Crippen molar-refractivity contribution < 1.29 is 4.74 Å². The van der Waals surface area contributed by atoms with E-state index < -0.39 is 0 Å². The molecule has 0 bridgehead atoms. The van der Waals surface area contributed by atoms with Crippen molar-refractivity contribution in [3.05, 3.63) is 35.8 Å². The maximum atomic E-state index is 5.60. The number of rotatable bonds is 4. The number of aromatic amines is 1. The molecule has 3 heteroatoms. The van der Waals surface area contributed by atoms with Gasteiger partial charge in [0.25, 0.3) is 0 Å². The lowest BCUT2D eigenvalue weighted by atomic mass is 10.2. The molecule has 0 fully saturated rings. The monoisotopic (exact) mass is 206 g/mol. The molecule has 0 radical (unpaired) electrons. The number of aliphatic imine (C=N–C) groups is 1. The van der Waals surface area contributed by atoms with Gasteiger partial charge in [-0.3, -0.25) is 0 Å². The Morgan fingerprint density at radius 3 is 2.80 bits per heavy atom. The molecule has 15 heavy (non-hydrogen) atoms. The first kappa shape index (κ1) is 11.6. The largest absolute Gasteiger partial charge is 0.477 e. The summed E-state index contributed by atoms with van der Waals surface area (Å²) in [6.07, 6.45) is 2.85. The minimum absolute atomic E-state index is 0.656. The second kappa shape index (κ2) is 5.39. The van der Waals surface area contributed by atoms with Crippen LogP contribution < -0.4 is 0 Å². The summed E-state index contributed by atoms with van der Waals surface area (Å²) in [5.74, 6) is 0.656. The van der Waals surface area contributed by atoms with E-state index in [4.69, 9.17) is 4.74 Å². The molecule has 0 saturated heterocycles. The molecule has 3 nitrogen and oxygen atoms in total. The Balaban J connectivity index is 2.91. The zero-order valence-corrected chi connectivity index (χ0v) is 9.63. The van der Waals surface area contributed by atoms with E-state index in [1.54, 1.807) is 0 Å². The summed E-state index contributed by atoms with van der Waals surface area (Å²) in [7, 11) is 0. The third-order valence-electron chi connectivity index (χ3n) is 1.92. The van der Waals surface area contributed by atoms with Crippen LogP contribution in [0.3, 0.4) is 0 Å². The number of allylic oxidation sites excluding steroid dienone is 1. The Labute approximate surface area is 90.9 Å². The normalized spacial score (nSPS) is 11.5. The maximum Gasteiger partial charge on any atom is 0.222 e. The van der Waals surface area contributed by atoms with Crippen LogP contribution in [0.1, 0.15) is 31.5 Å². The number of hydrogen-bond acceptors (Lipinski definition) is 2. The molecule has 0 aliphatic carbocycles. The number of nitrogens with zero attached hydrogens (tertiary/aromatic N) is 1. The van der Waals surface area contributed by atoms with Gasteiger partial charge in [0, 0.05) is 17.6 Å². The summed E-state index contributed by atoms with van der Waals surface area (Å²) in [5.41, 5.74) is 2.82. The van der Waals surface area contributed by atoms with E-state index in [2.05, 4.69) is 23.5 Å². The van der Waals surface area contributed by atoms with E-state index in [9.17, 15) is 0 Å². The molecule has 1 heterocycles. The first-order chi connectivity index (χ1) is 7.15. The van der Waals surface area contributed by atoms with Crippen LogP contribution in [-0.4, -0.2) is 17.5 Å². The van der Waals surface area contributed by atoms with E-state index >= 15 is 0 Å². The lowest BCUT2D eigenvalue weighted by molar-refractivity contribution is 0.305. The molecular weight excluding hydrogens is 188 g/mol. The van der Waals surface area contributed by atoms with Crippen molar-refractivity contribution in [3.8, 4) is 0 Å². The van der Waals surface area contributed by atoms with Crippen LogP contribution >= 0.6 is 0 Å². The predicted molar refractivity (Wildman–Crippen MR) is 63.1 cm³/mol. The smallest absolute Gasteiger partial charge is 0.222 e. The average molecular weight is 206 g/mol. The lowest BCUT2D eigenvalue weighted by Crippen LogP contribution is -2.08. The van der Waals surface area contributed by atoms with Gasteiger partial charge in [-0.05, 0) is 26.3 Å². The third-order valence-corrected chi connectivity index (χ3v) is 1.92. The molecule has 0 atom stereocenters. The molecular formula is C12H18N2O. The molecule has 1 aromatic rings. The van der Waals surface area contributed by atoms with Gasteiger partial charge in [-0.1, -0.05) is 13.5 Å². The molecule has 1 aromatic heterocycles. The second-order valence-electron chi connectivity index (χ2n) is 3.52. The van der Waals surface area contributed by atoms with Gasteiger partial charge >= 0.3 is 0 Å². The van der Waals surface area contributed by atoms with E-state index in [0.717, 1.165) is 23.4 Å². The number of aryl methyl sites for hydroxylation is 1. The highest BCUT2D eigenvalue weighted by atomic mass is 16.5. The number of ether oxygens (including phenoxy) is 1. The Kier molecular flexibility index (Phi) is 4.16. The van der Waals surface area contributed by atoms with E-state index in [1.165, 1.54) is 0 Å². The summed E-state index contributed by atoms with van der Waals surface area (Å²) >= 11 is 0. The first-order valence-corrected chi connectivity index (χ1v) is 5.16. The number of H-pyrrole nitrogens is 1. The Morgan fingerprint density at radius 1 is 1.60 bits per heavy atom. The average Bonchev–Trinajstić information content (AvgIpc) is 2.58. The molecule has 0 spiro atoms. The summed E-state index contributed by atoms with van der Waals surface area (Å²) in [4.78, 5) is 7.41. The fourth-order valence-electron chi connectivity index (χ4n) is 1.23. The maximum absolute atomic E-state index is 5.60. The minimum atomic E-state index is 0.656. The van der Waals surface area contributed by atoms with Crippen molar-refractivity contribution in [2.75, 3.05) is 6.61 Å². The quantitative estimate of drug-likeness (QED) is 0.596. The highest BCUT2D eigenvalue weighted by molar-refractivity contribution is 5.95. The highest BCUT2D eigenvalue weighted by Crippen LogP contribution is 2.10. The van der Waals surface area contributed by atoms with Crippen LogP contribution in [0, 0.1) is 6.92 Å². The summed E-state index contributed by atoms with van der Waals surface area (Å²) in [6, 6.07) is 1.97. The lowest BCUT2D eigenvalue weighted by Gasteiger charge is -2.07. The number of hydrogen-bond donors (Lipinski definition) is 1. The standard InChI is InChI=1S/C12H18N2O/c1-5-8-15-12(14-9(2)3)11-6-7-13-10(11)4/h6-7,13H,2,5,8H2,1,3-4H3/b14-12+. The molecule has 0 aromatic carbocycles. The zero-order valence-electron chi connectivity index (χ0n) is 9.63. The van der Waals surface area contributed by atoms with E-state index in [-0.39, 0.29) is 0 Å². The van der Waals surface area contributed by atoms with Gasteiger partial charge in [-0.15, -0.1) is 0 Å². The van der Waals surface area contributed by atoms with Gasteiger partial charge in [-0.2, -0.15) is 0 Å². The number of aromatic nitrogens is 1. The second-order valence-corrected chi connectivity index (χ2v) is 3.52. The van der Waals surface area contributed by atoms with Gasteiger partial charge < -0.3 is 9.72 Å². The fraction of sp³-hybridized carbons (Fsp3) is 0.417. The minimum Gasteiger partial charge on any atom is -0.477 e. The molecule has 1 rings (SSSR count). The first-order valence-electron chi connectivity index (χ1n) is 5.16. The van der Waals surface area contributed by atoms with Crippen LogP contribution in [0.2, 0.25) is 0 Å². The van der Waals surface area contributed by atoms with Crippen LogP contribution in [-0.2, 0) is 4.74 Å². The van der Waals surface area contributed by atoms with Gasteiger partial charge in [-0.25, -0.2) is 4.99 Å². The van der Waals surface area contributed by atoms with Crippen LogP contribution in [0.25, 0.3) is 0 Å². The third kappa shape index (κ3) is 3.27. The van der Waals surface area contributed by atoms with Gasteiger partial charge in [0.2, 0.25) is 5.90 Å². The van der Waals surface area contributed by atoms with Gasteiger partial charge in [0.05, 0.1) is 12.2 Å². The summed E-state index contributed by atoms with van der Waals surface area (Å²) < 4.78 is 5.60. The molecule has 82 valence electrons. The predicted octanol–water partition coefficient (Wildman–Crippen LogP) is 3.03. The van der Waals surface area contributed by atoms with Crippen molar-refractivity contribution in [2.45, 2.75) is 27.2 Å². The van der Waals surface area contributed by atoms with Crippen LogP contribution in [0.5, 0.6) is 0 Å². The Morgan fingerprint density at radius 2 is 2.33 bits per heavy atom. The molecule has 0 aliphatic rings. The fourth-order valence-corrected chi connectivity index (χ4v) is 1.23. The van der Waals surface area contributed by atoms with E-state index in [1.807, 2.05) is 26.1 Å². The van der Waals surface area contributed by atoms with E-state index in [0.29, 0.717) is 12.5 Å². The summed E-state index contributed by atoms with van der Waals surface area (Å²) in [5, 5.41) is 0. The Bertz CT molecular complexity index is 363.